The summed E-state index contributed by atoms with van der Waals surface area (Å²) in [5, 5.41) is 19.1. The number of aromatic amines is 1. The second-order valence-electron chi connectivity index (χ2n) is 6.12. The summed E-state index contributed by atoms with van der Waals surface area (Å²) in [7, 11) is 0. The number of nitrogens with two attached hydrogens (primary N) is 1. The molecular weight excluding hydrogens is 402 g/mol. The summed E-state index contributed by atoms with van der Waals surface area (Å²) in [6, 6.07) is 8.60. The number of aromatic carboxylic acids is 2. The first-order valence-electron chi connectivity index (χ1n) is 8.39. The van der Waals surface area contributed by atoms with E-state index in [1.165, 1.54) is 18.2 Å². The fraction of sp³-hybridized carbons (Fsp3) is 0.0500. The Kier molecular flexibility index (Phi) is 5.50. The van der Waals surface area contributed by atoms with Crippen LogP contribution in [0.15, 0.2) is 47.3 Å². The topological polar surface area (TPSA) is 143 Å². The van der Waals surface area contributed by atoms with Gasteiger partial charge in [0.05, 0.1) is 0 Å². The summed E-state index contributed by atoms with van der Waals surface area (Å²) >= 11 is 0. The number of H-pyrrole nitrogens is 1. The highest BCUT2D eigenvalue weighted by atomic mass is 19.1. The number of nitrogen functional groups attached to an aromatic ring is 1. The maximum absolute atomic E-state index is 13.8. The number of carbonyl (C=O) groups is 2. The number of nitrogens with one attached hydrogen (secondary N) is 1. The lowest BCUT2D eigenvalue weighted by atomic mass is 9.92. The molecule has 10 heteroatoms. The third-order valence-electron chi connectivity index (χ3n) is 4.24. The van der Waals surface area contributed by atoms with Gasteiger partial charge < -0.3 is 25.7 Å². The number of carboxylic acids is 2. The van der Waals surface area contributed by atoms with Crippen molar-refractivity contribution >= 4 is 17.8 Å². The van der Waals surface area contributed by atoms with Gasteiger partial charge in [-0.15, -0.1) is 0 Å². The zero-order valence-electron chi connectivity index (χ0n) is 15.1. The van der Waals surface area contributed by atoms with Gasteiger partial charge in [0.1, 0.15) is 29.4 Å². The minimum absolute atomic E-state index is 0.0487. The molecule has 0 aliphatic carbocycles. The molecule has 1 aromatic heterocycles. The Morgan fingerprint density at radius 2 is 1.70 bits per heavy atom. The molecule has 0 spiro atoms. The number of halogens is 2. The highest BCUT2D eigenvalue weighted by Crippen LogP contribution is 2.32. The van der Waals surface area contributed by atoms with Gasteiger partial charge >= 0.3 is 11.9 Å². The van der Waals surface area contributed by atoms with Crippen molar-refractivity contribution in [3.63, 3.8) is 0 Å². The molecule has 0 atom stereocenters. The van der Waals surface area contributed by atoms with Crippen LogP contribution in [0, 0.1) is 11.6 Å². The Morgan fingerprint density at radius 3 is 2.33 bits per heavy atom. The second kappa shape index (κ2) is 8.03. The van der Waals surface area contributed by atoms with Gasteiger partial charge in [0.15, 0.2) is 11.6 Å². The van der Waals surface area contributed by atoms with Crippen LogP contribution in [0.25, 0.3) is 11.1 Å². The third kappa shape index (κ3) is 3.83. The number of hydrogen-bond donors (Lipinski definition) is 4. The highest BCUT2D eigenvalue weighted by molar-refractivity contribution is 6.07. The van der Waals surface area contributed by atoms with Crippen molar-refractivity contribution in [2.75, 3.05) is 5.73 Å². The lowest BCUT2D eigenvalue weighted by Gasteiger charge is -2.16. The van der Waals surface area contributed by atoms with Crippen LogP contribution < -0.4 is 16.0 Å². The molecule has 3 rings (SSSR count). The van der Waals surface area contributed by atoms with Gasteiger partial charge in [0.2, 0.25) is 0 Å². The van der Waals surface area contributed by atoms with Crippen LogP contribution in [0.2, 0.25) is 0 Å². The molecule has 30 heavy (non-hydrogen) atoms. The molecule has 0 amide bonds. The molecule has 5 N–H and O–H groups in total. The van der Waals surface area contributed by atoms with Gasteiger partial charge in [-0.25, -0.2) is 18.4 Å². The summed E-state index contributed by atoms with van der Waals surface area (Å²) in [4.78, 5) is 37.7. The SMILES string of the molecule is Nc1[nH]c(=O)c(C(=O)O)c(-c2ccccc2COc2ccc(F)cc2F)c1C(=O)O. The molecule has 0 bridgehead atoms. The number of carboxylic acid groups (broad SMARTS) is 2. The maximum Gasteiger partial charge on any atom is 0.342 e. The molecular formula is C20H14F2N2O6. The Morgan fingerprint density at radius 1 is 1.03 bits per heavy atom. The maximum atomic E-state index is 13.8. The molecule has 0 saturated heterocycles. The van der Waals surface area contributed by atoms with E-state index in [9.17, 15) is 33.4 Å². The zero-order chi connectivity index (χ0) is 22.0. The van der Waals surface area contributed by atoms with Gasteiger partial charge in [-0.1, -0.05) is 24.3 Å². The Hall–Kier alpha value is -4.21. The molecule has 0 aliphatic heterocycles. The first kappa shape index (κ1) is 20.5. The van der Waals surface area contributed by atoms with E-state index in [-0.39, 0.29) is 23.5 Å². The Balaban J connectivity index is 2.17. The van der Waals surface area contributed by atoms with Crippen molar-refractivity contribution in [3.05, 3.63) is 81.1 Å². The molecule has 0 saturated carbocycles. The number of rotatable bonds is 6. The predicted molar refractivity (Wildman–Crippen MR) is 102 cm³/mol. The predicted octanol–water partition coefficient (Wildman–Crippen LogP) is 2.88. The number of pyridine rings is 1. The summed E-state index contributed by atoms with van der Waals surface area (Å²) in [5.41, 5.74) is 3.02. The van der Waals surface area contributed by atoms with E-state index in [1.807, 2.05) is 4.98 Å². The van der Waals surface area contributed by atoms with Crippen LogP contribution in [0.5, 0.6) is 5.75 Å². The smallest absolute Gasteiger partial charge is 0.342 e. The monoisotopic (exact) mass is 416 g/mol. The van der Waals surface area contributed by atoms with Crippen molar-refractivity contribution in [3.8, 4) is 16.9 Å². The Bertz CT molecular complexity index is 1220. The van der Waals surface area contributed by atoms with Gasteiger partial charge in [-0.05, 0) is 23.3 Å². The lowest BCUT2D eigenvalue weighted by Crippen LogP contribution is -2.24. The van der Waals surface area contributed by atoms with Crippen molar-refractivity contribution in [2.24, 2.45) is 0 Å². The van der Waals surface area contributed by atoms with Crippen LogP contribution in [0.1, 0.15) is 26.3 Å². The summed E-state index contributed by atoms with van der Waals surface area (Å²) in [6.07, 6.45) is 0. The highest BCUT2D eigenvalue weighted by Gasteiger charge is 2.27. The standard InChI is InChI=1S/C20H14F2N2O6/c21-10-5-6-13(12(22)7-10)30-8-9-3-1-2-4-11(9)14-15(19(26)27)17(23)24-18(25)16(14)20(28)29/h1-7H,8H2,(H,26,27)(H,28,29)(H3,23,24,25). The molecule has 0 unspecified atom stereocenters. The van der Waals surface area contributed by atoms with Gasteiger partial charge in [-0.3, -0.25) is 4.79 Å². The minimum Gasteiger partial charge on any atom is -0.486 e. The average Bonchev–Trinajstić information content (AvgIpc) is 2.66. The van der Waals surface area contributed by atoms with Gasteiger partial charge in [-0.2, -0.15) is 0 Å². The van der Waals surface area contributed by atoms with E-state index >= 15 is 0 Å². The van der Waals surface area contributed by atoms with Gasteiger partial charge in [0, 0.05) is 11.6 Å². The van der Waals surface area contributed by atoms with Crippen LogP contribution in [-0.4, -0.2) is 27.1 Å². The normalized spacial score (nSPS) is 10.6. The molecule has 1 heterocycles. The molecule has 0 radical (unpaired) electrons. The van der Waals surface area contributed by atoms with Crippen LogP contribution in [-0.2, 0) is 6.61 Å². The van der Waals surface area contributed by atoms with E-state index in [1.54, 1.807) is 6.07 Å². The quantitative estimate of drug-likeness (QED) is 0.484. The van der Waals surface area contributed by atoms with E-state index < -0.39 is 51.6 Å². The van der Waals surface area contributed by atoms with Crippen LogP contribution in [0.4, 0.5) is 14.6 Å². The molecule has 154 valence electrons. The number of anilines is 1. The number of benzene rings is 2. The van der Waals surface area contributed by atoms with Crippen molar-refractivity contribution < 1.29 is 33.3 Å². The molecule has 0 aliphatic rings. The molecule has 2 aromatic carbocycles. The van der Waals surface area contributed by atoms with E-state index in [2.05, 4.69) is 0 Å². The van der Waals surface area contributed by atoms with E-state index in [0.29, 0.717) is 6.07 Å². The first-order chi connectivity index (χ1) is 14.2. The average molecular weight is 416 g/mol. The van der Waals surface area contributed by atoms with Crippen LogP contribution in [0.3, 0.4) is 0 Å². The summed E-state index contributed by atoms with van der Waals surface area (Å²) in [5.74, 6) is -5.75. The molecule has 3 aromatic rings. The fourth-order valence-corrected chi connectivity index (χ4v) is 2.95. The molecule has 0 fully saturated rings. The molecule has 8 nitrogen and oxygen atoms in total. The van der Waals surface area contributed by atoms with Crippen molar-refractivity contribution in [1.29, 1.82) is 0 Å². The van der Waals surface area contributed by atoms with Crippen molar-refractivity contribution in [1.82, 2.24) is 4.98 Å². The summed E-state index contributed by atoms with van der Waals surface area (Å²) in [6.45, 7) is -0.330. The van der Waals surface area contributed by atoms with E-state index in [4.69, 9.17) is 10.5 Å². The number of ether oxygens (including phenoxy) is 1. The first-order valence-corrected chi connectivity index (χ1v) is 8.39. The van der Waals surface area contributed by atoms with Crippen LogP contribution >= 0.6 is 0 Å². The lowest BCUT2D eigenvalue weighted by molar-refractivity contribution is 0.0695. The third-order valence-corrected chi connectivity index (χ3v) is 4.24. The minimum atomic E-state index is -1.66. The summed E-state index contributed by atoms with van der Waals surface area (Å²) < 4.78 is 32.2. The van der Waals surface area contributed by atoms with E-state index in [0.717, 1.165) is 12.1 Å². The Labute approximate surface area is 167 Å². The van der Waals surface area contributed by atoms with Crippen molar-refractivity contribution in [2.45, 2.75) is 6.61 Å². The van der Waals surface area contributed by atoms with Gasteiger partial charge in [0.25, 0.3) is 5.56 Å². The fourth-order valence-electron chi connectivity index (χ4n) is 2.95. The second-order valence-corrected chi connectivity index (χ2v) is 6.12. The number of aromatic nitrogens is 1. The number of hydrogen-bond acceptors (Lipinski definition) is 5. The zero-order valence-corrected chi connectivity index (χ0v) is 15.1. The largest absolute Gasteiger partial charge is 0.486 e.